The Morgan fingerprint density at radius 1 is 1.24 bits per heavy atom. The highest BCUT2D eigenvalue weighted by atomic mass is 32.2. The molecule has 2 fully saturated rings. The first-order valence-corrected chi connectivity index (χ1v) is 9.56. The first-order chi connectivity index (χ1) is 8.11. The molecule has 0 aromatic heterocycles. The van der Waals surface area contributed by atoms with Gasteiger partial charge in [-0.05, 0) is 31.4 Å². The third-order valence-electron chi connectivity index (χ3n) is 3.75. The van der Waals surface area contributed by atoms with Gasteiger partial charge in [0.15, 0.2) is 9.84 Å². The van der Waals surface area contributed by atoms with Crippen LogP contribution in [-0.2, 0) is 9.84 Å². The number of rotatable bonds is 4. The molecular formula is C12H23NO2S2. The number of nitrogens with one attached hydrogen (secondary N) is 1. The summed E-state index contributed by atoms with van der Waals surface area (Å²) in [6.45, 7) is 2.20. The molecule has 0 spiro atoms. The zero-order valence-electron chi connectivity index (χ0n) is 10.5. The second-order valence-electron chi connectivity index (χ2n) is 5.15. The van der Waals surface area contributed by atoms with E-state index in [1.165, 1.54) is 19.3 Å². The van der Waals surface area contributed by atoms with Crippen LogP contribution in [0.3, 0.4) is 0 Å². The predicted octanol–water partition coefficient (Wildman–Crippen LogP) is 1.83. The highest BCUT2D eigenvalue weighted by molar-refractivity contribution is 7.99. The molecule has 17 heavy (non-hydrogen) atoms. The van der Waals surface area contributed by atoms with Crippen LogP contribution in [0.4, 0.5) is 0 Å². The predicted molar refractivity (Wildman–Crippen MR) is 74.4 cm³/mol. The average Bonchev–Trinajstić information content (AvgIpc) is 2.65. The number of sulfone groups is 1. The van der Waals surface area contributed by atoms with Crippen LogP contribution in [0.5, 0.6) is 0 Å². The third-order valence-corrected chi connectivity index (χ3v) is 6.89. The van der Waals surface area contributed by atoms with Crippen molar-refractivity contribution in [1.29, 1.82) is 0 Å². The van der Waals surface area contributed by atoms with Gasteiger partial charge in [-0.2, -0.15) is 11.8 Å². The van der Waals surface area contributed by atoms with Crippen molar-refractivity contribution >= 4 is 21.6 Å². The number of hydrogen-bond acceptors (Lipinski definition) is 4. The van der Waals surface area contributed by atoms with Crippen LogP contribution in [0.15, 0.2) is 0 Å². The van der Waals surface area contributed by atoms with Gasteiger partial charge < -0.3 is 5.32 Å². The van der Waals surface area contributed by atoms with Crippen molar-refractivity contribution in [3.8, 4) is 0 Å². The van der Waals surface area contributed by atoms with E-state index >= 15 is 0 Å². The topological polar surface area (TPSA) is 46.2 Å². The Morgan fingerprint density at radius 2 is 2.06 bits per heavy atom. The Morgan fingerprint density at radius 3 is 2.76 bits per heavy atom. The molecule has 2 aliphatic rings. The summed E-state index contributed by atoms with van der Waals surface area (Å²) in [7, 11) is -2.77. The van der Waals surface area contributed by atoms with Crippen LogP contribution >= 0.6 is 11.8 Å². The summed E-state index contributed by atoms with van der Waals surface area (Å²) in [6.07, 6.45) is 5.65. The fraction of sp³-hybridized carbons (Fsp3) is 1.00. The van der Waals surface area contributed by atoms with E-state index in [-0.39, 0.29) is 6.04 Å². The van der Waals surface area contributed by atoms with Crippen LogP contribution in [0.1, 0.15) is 39.0 Å². The lowest BCUT2D eigenvalue weighted by molar-refractivity contribution is 0.422. The van der Waals surface area contributed by atoms with Gasteiger partial charge in [-0.15, -0.1) is 0 Å². The zero-order valence-corrected chi connectivity index (χ0v) is 12.2. The Hall–Kier alpha value is 0.260. The van der Waals surface area contributed by atoms with E-state index in [2.05, 4.69) is 12.2 Å². The molecule has 1 saturated heterocycles. The fourth-order valence-electron chi connectivity index (χ4n) is 2.99. The maximum atomic E-state index is 11.6. The largest absolute Gasteiger partial charge is 0.309 e. The molecule has 1 heterocycles. The first-order valence-electron chi connectivity index (χ1n) is 6.69. The molecule has 100 valence electrons. The molecule has 3 unspecified atom stereocenters. The normalized spacial score (nSPS) is 37.1. The van der Waals surface area contributed by atoms with Crippen molar-refractivity contribution in [1.82, 2.24) is 5.32 Å². The number of thioether (sulfide) groups is 1. The summed E-state index contributed by atoms with van der Waals surface area (Å²) in [4.78, 5) is 0. The Bertz CT molecular complexity index is 342. The van der Waals surface area contributed by atoms with Crippen molar-refractivity contribution in [2.75, 3.05) is 17.3 Å². The second-order valence-corrected chi connectivity index (χ2v) is 8.90. The van der Waals surface area contributed by atoms with E-state index < -0.39 is 9.84 Å². The molecule has 1 saturated carbocycles. The average molecular weight is 277 g/mol. The Balaban J connectivity index is 1.87. The van der Waals surface area contributed by atoms with Gasteiger partial charge >= 0.3 is 0 Å². The Kier molecular flexibility index (Phi) is 4.78. The molecule has 1 aliphatic heterocycles. The summed E-state index contributed by atoms with van der Waals surface area (Å²) < 4.78 is 23.2. The van der Waals surface area contributed by atoms with Gasteiger partial charge in [0.25, 0.3) is 0 Å². The molecule has 1 aliphatic carbocycles. The van der Waals surface area contributed by atoms with Gasteiger partial charge in [0.05, 0.1) is 11.5 Å². The van der Waals surface area contributed by atoms with E-state index in [1.54, 1.807) is 0 Å². The van der Waals surface area contributed by atoms with Crippen LogP contribution in [0.25, 0.3) is 0 Å². The monoisotopic (exact) mass is 277 g/mol. The maximum Gasteiger partial charge on any atom is 0.151 e. The molecule has 3 atom stereocenters. The molecule has 3 nitrogen and oxygen atoms in total. The summed E-state index contributed by atoms with van der Waals surface area (Å²) in [5.74, 6) is 1.90. The molecular weight excluding hydrogens is 254 g/mol. The smallest absolute Gasteiger partial charge is 0.151 e. The molecule has 0 aromatic rings. The van der Waals surface area contributed by atoms with Crippen LogP contribution in [0, 0.1) is 0 Å². The second kappa shape index (κ2) is 5.93. The fourth-order valence-corrected chi connectivity index (χ4v) is 5.84. The van der Waals surface area contributed by atoms with Gasteiger partial charge in [-0.3, -0.25) is 0 Å². The SMILES string of the molecule is CCSC1CCCC1NC1CCCS(=O)(=O)C1. The van der Waals surface area contributed by atoms with Gasteiger partial charge in [-0.1, -0.05) is 13.3 Å². The molecule has 0 aromatic carbocycles. The van der Waals surface area contributed by atoms with Crippen molar-refractivity contribution < 1.29 is 8.42 Å². The minimum Gasteiger partial charge on any atom is -0.309 e. The summed E-state index contributed by atoms with van der Waals surface area (Å²) in [5, 5.41) is 4.31. The van der Waals surface area contributed by atoms with Crippen molar-refractivity contribution in [2.45, 2.75) is 56.4 Å². The van der Waals surface area contributed by atoms with Gasteiger partial charge in [0.2, 0.25) is 0 Å². The first kappa shape index (κ1) is 13.7. The highest BCUT2D eigenvalue weighted by Gasteiger charge is 2.32. The van der Waals surface area contributed by atoms with E-state index in [0.29, 0.717) is 22.8 Å². The van der Waals surface area contributed by atoms with Crippen LogP contribution in [0.2, 0.25) is 0 Å². The van der Waals surface area contributed by atoms with Crippen molar-refractivity contribution in [3.63, 3.8) is 0 Å². The van der Waals surface area contributed by atoms with Crippen LogP contribution < -0.4 is 5.32 Å². The lowest BCUT2D eigenvalue weighted by atomic mass is 10.1. The van der Waals surface area contributed by atoms with Crippen molar-refractivity contribution in [2.24, 2.45) is 0 Å². The van der Waals surface area contributed by atoms with Gasteiger partial charge in [-0.25, -0.2) is 8.42 Å². The molecule has 0 radical (unpaired) electrons. The zero-order chi connectivity index (χ0) is 12.3. The van der Waals surface area contributed by atoms with E-state index in [4.69, 9.17) is 0 Å². The summed E-state index contributed by atoms with van der Waals surface area (Å²) in [5.41, 5.74) is 0. The van der Waals surface area contributed by atoms with Crippen LogP contribution in [-0.4, -0.2) is 43.0 Å². The standard InChI is InChI=1S/C12H23NO2S2/c1-2-16-12-7-3-6-11(12)13-10-5-4-8-17(14,15)9-10/h10-13H,2-9H2,1H3. The minimum atomic E-state index is -2.77. The van der Waals surface area contributed by atoms with E-state index in [0.717, 1.165) is 18.6 Å². The highest BCUT2D eigenvalue weighted by Crippen LogP contribution is 2.30. The third kappa shape index (κ3) is 3.86. The molecule has 1 N–H and O–H groups in total. The van der Waals surface area contributed by atoms with E-state index in [9.17, 15) is 8.42 Å². The number of hydrogen-bond donors (Lipinski definition) is 1. The minimum absolute atomic E-state index is 0.205. The molecule has 5 heteroatoms. The molecule has 0 amide bonds. The maximum absolute atomic E-state index is 11.6. The van der Waals surface area contributed by atoms with E-state index in [1.807, 2.05) is 11.8 Å². The summed E-state index contributed by atoms with van der Waals surface area (Å²) >= 11 is 2.02. The van der Waals surface area contributed by atoms with Crippen molar-refractivity contribution in [3.05, 3.63) is 0 Å². The van der Waals surface area contributed by atoms with Gasteiger partial charge in [0.1, 0.15) is 0 Å². The molecule has 0 bridgehead atoms. The quantitative estimate of drug-likeness (QED) is 0.851. The summed E-state index contributed by atoms with van der Waals surface area (Å²) in [6, 6.07) is 0.745. The lowest BCUT2D eigenvalue weighted by Gasteiger charge is -2.29. The molecule has 2 rings (SSSR count). The van der Waals surface area contributed by atoms with Gasteiger partial charge in [0, 0.05) is 17.3 Å². The Labute approximate surface area is 109 Å². The lowest BCUT2D eigenvalue weighted by Crippen LogP contribution is -2.47.